The van der Waals surface area contributed by atoms with Gasteiger partial charge in [-0.1, -0.05) is 18.2 Å². The van der Waals surface area contributed by atoms with Gasteiger partial charge in [-0.25, -0.2) is 4.68 Å². The van der Waals surface area contributed by atoms with Crippen LogP contribution in [-0.4, -0.2) is 32.6 Å². The molecule has 0 aliphatic carbocycles. The smallest absolute Gasteiger partial charge is 0.110 e. The second-order valence-electron chi connectivity index (χ2n) is 4.58. The van der Waals surface area contributed by atoms with Gasteiger partial charge in [-0.2, -0.15) is 5.10 Å². The van der Waals surface area contributed by atoms with Crippen LogP contribution in [0, 0.1) is 13.8 Å². The first-order chi connectivity index (χ1) is 9.06. The summed E-state index contributed by atoms with van der Waals surface area (Å²) in [5.41, 5.74) is 8.46. The Bertz CT molecular complexity index is 551. The number of benzene rings is 1. The van der Waals surface area contributed by atoms with Crippen LogP contribution in [0.5, 0.6) is 0 Å². The van der Waals surface area contributed by atoms with Gasteiger partial charge in [-0.3, -0.25) is 0 Å². The Morgan fingerprint density at radius 2 is 1.84 bits per heavy atom. The summed E-state index contributed by atoms with van der Waals surface area (Å²) in [4.78, 5) is 0. The lowest BCUT2D eigenvalue weighted by Gasteiger charge is -2.16. The maximum atomic E-state index is 10.1. The maximum Gasteiger partial charge on any atom is 0.110 e. The molecule has 1 heterocycles. The fraction of sp³-hybridized carbons (Fsp3) is 0.357. The highest BCUT2D eigenvalue weighted by atomic mass is 16.3. The molecule has 1 aromatic heterocycles. The summed E-state index contributed by atoms with van der Waals surface area (Å²) in [5.74, 6) is 0. The second-order valence-corrected chi connectivity index (χ2v) is 4.58. The van der Waals surface area contributed by atoms with Crippen LogP contribution < -0.4 is 5.73 Å². The van der Waals surface area contributed by atoms with Crippen LogP contribution in [0.4, 0.5) is 0 Å². The Labute approximate surface area is 112 Å². The minimum Gasteiger partial charge on any atom is -0.389 e. The van der Waals surface area contributed by atoms with Crippen molar-refractivity contribution in [2.24, 2.45) is 5.73 Å². The SMILES string of the molecule is Cc1nn(-c2ccccc2)c(C)c1C(O)C(O)CN. The molecule has 1 aromatic carbocycles. The summed E-state index contributed by atoms with van der Waals surface area (Å²) in [6, 6.07) is 9.67. The van der Waals surface area contributed by atoms with Crippen molar-refractivity contribution in [2.75, 3.05) is 6.54 Å². The number of aryl methyl sites for hydroxylation is 1. The van der Waals surface area contributed by atoms with Gasteiger partial charge in [-0.15, -0.1) is 0 Å². The molecule has 4 N–H and O–H groups in total. The number of nitrogens with two attached hydrogens (primary N) is 1. The molecule has 2 atom stereocenters. The van der Waals surface area contributed by atoms with Crippen LogP contribution in [0.25, 0.3) is 5.69 Å². The van der Waals surface area contributed by atoms with E-state index in [2.05, 4.69) is 5.10 Å². The number of rotatable bonds is 4. The van der Waals surface area contributed by atoms with E-state index in [0.717, 1.165) is 11.4 Å². The number of aliphatic hydroxyl groups excluding tert-OH is 2. The average molecular weight is 261 g/mol. The molecule has 0 spiro atoms. The minimum absolute atomic E-state index is 0.0105. The molecule has 2 unspecified atom stereocenters. The molecule has 0 amide bonds. The molecule has 5 heteroatoms. The first kappa shape index (κ1) is 13.7. The van der Waals surface area contributed by atoms with Gasteiger partial charge in [0.05, 0.1) is 17.5 Å². The van der Waals surface area contributed by atoms with Crippen LogP contribution in [0.2, 0.25) is 0 Å². The lowest BCUT2D eigenvalue weighted by Crippen LogP contribution is -2.27. The Balaban J connectivity index is 2.46. The first-order valence-electron chi connectivity index (χ1n) is 6.24. The summed E-state index contributed by atoms with van der Waals surface area (Å²) >= 11 is 0. The van der Waals surface area contributed by atoms with E-state index in [-0.39, 0.29) is 6.54 Å². The summed E-state index contributed by atoms with van der Waals surface area (Å²) < 4.78 is 1.76. The molecule has 0 saturated carbocycles. The molecular formula is C14H19N3O2. The van der Waals surface area contributed by atoms with Gasteiger partial charge in [0.15, 0.2) is 0 Å². The monoisotopic (exact) mass is 261 g/mol. The quantitative estimate of drug-likeness (QED) is 0.761. The lowest BCUT2D eigenvalue weighted by atomic mass is 10.0. The van der Waals surface area contributed by atoms with Crippen molar-refractivity contribution in [3.8, 4) is 5.69 Å². The van der Waals surface area contributed by atoms with Gasteiger partial charge in [0.2, 0.25) is 0 Å². The van der Waals surface area contributed by atoms with Gasteiger partial charge in [0.25, 0.3) is 0 Å². The number of hydrogen-bond donors (Lipinski definition) is 3. The van der Waals surface area contributed by atoms with Gasteiger partial charge in [0, 0.05) is 17.8 Å². The molecule has 0 aliphatic rings. The summed E-state index contributed by atoms with van der Waals surface area (Å²) in [7, 11) is 0. The van der Waals surface area contributed by atoms with Crippen molar-refractivity contribution in [2.45, 2.75) is 26.1 Å². The number of hydrogen-bond acceptors (Lipinski definition) is 4. The highest BCUT2D eigenvalue weighted by Crippen LogP contribution is 2.25. The van der Waals surface area contributed by atoms with Crippen LogP contribution in [0.3, 0.4) is 0 Å². The minimum atomic E-state index is -1.01. The number of aromatic nitrogens is 2. The van der Waals surface area contributed by atoms with E-state index in [1.165, 1.54) is 0 Å². The number of nitrogens with zero attached hydrogens (tertiary/aromatic N) is 2. The summed E-state index contributed by atoms with van der Waals surface area (Å²) in [6.07, 6.45) is -1.99. The molecule has 2 rings (SSSR count). The molecule has 0 aliphatic heterocycles. The third kappa shape index (κ3) is 2.53. The Hall–Kier alpha value is -1.69. The van der Waals surface area contributed by atoms with E-state index >= 15 is 0 Å². The second kappa shape index (κ2) is 5.52. The molecule has 0 radical (unpaired) electrons. The van der Waals surface area contributed by atoms with E-state index in [1.54, 1.807) is 4.68 Å². The van der Waals surface area contributed by atoms with E-state index in [1.807, 2.05) is 44.2 Å². The zero-order valence-electron chi connectivity index (χ0n) is 11.1. The predicted octanol–water partition coefficient (Wildman–Crippen LogP) is 0.842. The van der Waals surface area contributed by atoms with Gasteiger partial charge in [0.1, 0.15) is 6.10 Å². The molecule has 0 fully saturated rings. The van der Waals surface area contributed by atoms with E-state index in [9.17, 15) is 10.2 Å². The van der Waals surface area contributed by atoms with E-state index in [4.69, 9.17) is 5.73 Å². The largest absolute Gasteiger partial charge is 0.389 e. The topological polar surface area (TPSA) is 84.3 Å². The van der Waals surface area contributed by atoms with Crippen molar-refractivity contribution >= 4 is 0 Å². The zero-order chi connectivity index (χ0) is 14.0. The van der Waals surface area contributed by atoms with Gasteiger partial charge < -0.3 is 15.9 Å². The molecular weight excluding hydrogens is 242 g/mol. The Morgan fingerprint density at radius 3 is 2.42 bits per heavy atom. The normalized spacial score (nSPS) is 14.4. The molecule has 0 saturated heterocycles. The van der Waals surface area contributed by atoms with Crippen molar-refractivity contribution in [3.63, 3.8) is 0 Å². The molecule has 5 nitrogen and oxygen atoms in total. The van der Waals surface area contributed by atoms with Gasteiger partial charge >= 0.3 is 0 Å². The molecule has 19 heavy (non-hydrogen) atoms. The standard InChI is InChI=1S/C14H19N3O2/c1-9-13(14(19)12(18)8-15)10(2)17(16-9)11-6-4-3-5-7-11/h3-7,12,14,18-19H,8,15H2,1-2H3. The van der Waals surface area contributed by atoms with Crippen LogP contribution in [-0.2, 0) is 0 Å². The Kier molecular flexibility index (Phi) is 3.99. The van der Waals surface area contributed by atoms with Crippen molar-refractivity contribution in [1.82, 2.24) is 9.78 Å². The zero-order valence-corrected chi connectivity index (χ0v) is 11.1. The highest BCUT2D eigenvalue weighted by molar-refractivity contribution is 5.38. The summed E-state index contributed by atoms with van der Waals surface area (Å²) in [6.45, 7) is 3.69. The van der Waals surface area contributed by atoms with Crippen LogP contribution >= 0.6 is 0 Å². The summed E-state index contributed by atoms with van der Waals surface area (Å²) in [5, 5.41) is 24.2. The Morgan fingerprint density at radius 1 is 1.21 bits per heavy atom. The van der Waals surface area contributed by atoms with Crippen molar-refractivity contribution < 1.29 is 10.2 Å². The van der Waals surface area contributed by atoms with E-state index in [0.29, 0.717) is 11.3 Å². The average Bonchev–Trinajstić information content (AvgIpc) is 2.73. The van der Waals surface area contributed by atoms with Crippen molar-refractivity contribution in [1.29, 1.82) is 0 Å². The van der Waals surface area contributed by atoms with Gasteiger partial charge in [-0.05, 0) is 26.0 Å². The van der Waals surface area contributed by atoms with E-state index < -0.39 is 12.2 Å². The highest BCUT2D eigenvalue weighted by Gasteiger charge is 2.24. The fourth-order valence-electron chi connectivity index (χ4n) is 2.22. The molecule has 2 aromatic rings. The predicted molar refractivity (Wildman–Crippen MR) is 73.1 cm³/mol. The number of aliphatic hydroxyl groups is 2. The van der Waals surface area contributed by atoms with Crippen LogP contribution in [0.1, 0.15) is 23.1 Å². The number of para-hydroxylation sites is 1. The van der Waals surface area contributed by atoms with Crippen LogP contribution in [0.15, 0.2) is 30.3 Å². The molecule has 102 valence electrons. The third-order valence-electron chi connectivity index (χ3n) is 3.25. The maximum absolute atomic E-state index is 10.1. The van der Waals surface area contributed by atoms with Crippen molar-refractivity contribution in [3.05, 3.63) is 47.3 Å². The molecule has 0 bridgehead atoms. The lowest BCUT2D eigenvalue weighted by molar-refractivity contribution is 0.0235. The fourth-order valence-corrected chi connectivity index (χ4v) is 2.22. The third-order valence-corrected chi connectivity index (χ3v) is 3.25. The first-order valence-corrected chi connectivity index (χ1v) is 6.24.